The number of nitrogens with one attached hydrogen (secondary N) is 1. The number of nitrogens with zero attached hydrogens (tertiary/aromatic N) is 2. The summed E-state index contributed by atoms with van der Waals surface area (Å²) >= 11 is 0. The lowest BCUT2D eigenvalue weighted by Gasteiger charge is -2.34. The zero-order valence-corrected chi connectivity index (χ0v) is 15.5. The SMILES string of the molecule is CCOC1CCN(C(=NC)NCCc2ccc(C)c(OC)c2)CC1. The number of aliphatic imine (C=N–C) groups is 1. The lowest BCUT2D eigenvalue weighted by molar-refractivity contribution is 0.0264. The largest absolute Gasteiger partial charge is 0.496 e. The standard InChI is InChI=1S/C19H31N3O2/c1-5-24-17-9-12-22(13-10-17)19(20-3)21-11-8-16-7-6-15(2)18(14-16)23-4/h6-7,14,17H,5,8-13H2,1-4H3,(H,20,21). The molecule has 0 atom stereocenters. The van der Waals surface area contributed by atoms with Gasteiger partial charge in [-0.2, -0.15) is 0 Å². The van der Waals surface area contributed by atoms with Crippen LogP contribution in [0.3, 0.4) is 0 Å². The molecule has 1 aromatic rings. The average molecular weight is 333 g/mol. The van der Waals surface area contributed by atoms with Gasteiger partial charge >= 0.3 is 0 Å². The number of hydrogen-bond acceptors (Lipinski definition) is 3. The summed E-state index contributed by atoms with van der Waals surface area (Å²) in [5, 5.41) is 3.48. The van der Waals surface area contributed by atoms with Gasteiger partial charge in [0.1, 0.15) is 5.75 Å². The highest BCUT2D eigenvalue weighted by atomic mass is 16.5. The number of guanidine groups is 1. The maximum Gasteiger partial charge on any atom is 0.193 e. The van der Waals surface area contributed by atoms with Gasteiger partial charge in [0.2, 0.25) is 0 Å². The molecule has 2 rings (SSSR count). The highest BCUT2D eigenvalue weighted by Gasteiger charge is 2.21. The van der Waals surface area contributed by atoms with Crippen LogP contribution in [-0.4, -0.2) is 57.4 Å². The Balaban J connectivity index is 1.80. The fraction of sp³-hybridized carbons (Fsp3) is 0.632. The summed E-state index contributed by atoms with van der Waals surface area (Å²) in [6.07, 6.45) is 3.50. The van der Waals surface area contributed by atoms with Crippen molar-refractivity contribution in [1.82, 2.24) is 10.2 Å². The third-order valence-corrected chi connectivity index (χ3v) is 4.52. The van der Waals surface area contributed by atoms with Crippen LogP contribution < -0.4 is 10.1 Å². The molecule has 0 saturated carbocycles. The Labute approximate surface area is 146 Å². The van der Waals surface area contributed by atoms with Gasteiger partial charge in [-0.15, -0.1) is 0 Å². The molecule has 1 aliphatic rings. The lowest BCUT2D eigenvalue weighted by atomic mass is 10.1. The van der Waals surface area contributed by atoms with E-state index in [9.17, 15) is 0 Å². The minimum absolute atomic E-state index is 0.407. The summed E-state index contributed by atoms with van der Waals surface area (Å²) < 4.78 is 11.1. The summed E-state index contributed by atoms with van der Waals surface area (Å²) in [7, 11) is 3.57. The molecule has 0 radical (unpaired) electrons. The second kappa shape index (κ2) is 9.52. The Kier molecular flexibility index (Phi) is 7.37. The second-order valence-corrected chi connectivity index (χ2v) is 6.17. The number of ether oxygens (including phenoxy) is 2. The van der Waals surface area contributed by atoms with Crippen LogP contribution in [0.15, 0.2) is 23.2 Å². The lowest BCUT2D eigenvalue weighted by Crippen LogP contribution is -2.47. The Bertz CT molecular complexity index is 537. The first-order valence-corrected chi connectivity index (χ1v) is 8.88. The van der Waals surface area contributed by atoms with Crippen LogP contribution in [0.1, 0.15) is 30.9 Å². The molecular weight excluding hydrogens is 302 g/mol. The van der Waals surface area contributed by atoms with E-state index < -0.39 is 0 Å². The van der Waals surface area contributed by atoms with E-state index in [2.05, 4.69) is 47.3 Å². The van der Waals surface area contributed by atoms with Gasteiger partial charge in [0.15, 0.2) is 5.96 Å². The highest BCUT2D eigenvalue weighted by Crippen LogP contribution is 2.19. The van der Waals surface area contributed by atoms with Crippen molar-refractivity contribution in [3.8, 4) is 5.75 Å². The third kappa shape index (κ3) is 5.13. The topological polar surface area (TPSA) is 46.1 Å². The van der Waals surface area contributed by atoms with Gasteiger partial charge in [-0.05, 0) is 50.3 Å². The molecule has 134 valence electrons. The number of benzene rings is 1. The van der Waals surface area contributed by atoms with Crippen LogP contribution in [0.25, 0.3) is 0 Å². The van der Waals surface area contributed by atoms with E-state index in [1.165, 1.54) is 11.1 Å². The Morgan fingerprint density at radius 1 is 1.33 bits per heavy atom. The van der Waals surface area contributed by atoms with Crippen molar-refractivity contribution in [2.45, 2.75) is 39.2 Å². The summed E-state index contributed by atoms with van der Waals surface area (Å²) in [6.45, 7) is 7.80. The van der Waals surface area contributed by atoms with Crippen molar-refractivity contribution in [1.29, 1.82) is 0 Å². The van der Waals surface area contributed by atoms with Gasteiger partial charge in [0.25, 0.3) is 0 Å². The molecule has 24 heavy (non-hydrogen) atoms. The van der Waals surface area contributed by atoms with Gasteiger partial charge < -0.3 is 19.7 Å². The van der Waals surface area contributed by atoms with E-state index >= 15 is 0 Å². The van der Waals surface area contributed by atoms with Gasteiger partial charge in [-0.25, -0.2) is 0 Å². The quantitative estimate of drug-likeness (QED) is 0.642. The summed E-state index contributed by atoms with van der Waals surface area (Å²) in [5.74, 6) is 1.94. The first kappa shape index (κ1) is 18.6. The number of methoxy groups -OCH3 is 1. The van der Waals surface area contributed by atoms with Crippen molar-refractivity contribution in [2.24, 2.45) is 4.99 Å². The van der Waals surface area contributed by atoms with E-state index in [0.29, 0.717) is 6.10 Å². The summed E-state index contributed by atoms with van der Waals surface area (Å²) in [4.78, 5) is 6.75. The van der Waals surface area contributed by atoms with E-state index in [1.54, 1.807) is 7.11 Å². The zero-order valence-electron chi connectivity index (χ0n) is 15.5. The molecule has 0 amide bonds. The van der Waals surface area contributed by atoms with E-state index in [-0.39, 0.29) is 0 Å². The highest BCUT2D eigenvalue weighted by molar-refractivity contribution is 5.80. The molecule has 5 nitrogen and oxygen atoms in total. The minimum Gasteiger partial charge on any atom is -0.496 e. The number of likely N-dealkylation sites (tertiary alicyclic amines) is 1. The van der Waals surface area contributed by atoms with Crippen LogP contribution in [0.5, 0.6) is 5.75 Å². The number of piperidine rings is 1. The predicted octanol–water partition coefficient (Wildman–Crippen LogP) is 2.62. The van der Waals surface area contributed by atoms with Crippen molar-refractivity contribution in [3.05, 3.63) is 29.3 Å². The molecule has 1 fully saturated rings. The van der Waals surface area contributed by atoms with Crippen molar-refractivity contribution >= 4 is 5.96 Å². The van der Waals surface area contributed by atoms with Crippen molar-refractivity contribution in [3.63, 3.8) is 0 Å². The molecule has 0 aromatic heterocycles. The maximum atomic E-state index is 5.72. The summed E-state index contributed by atoms with van der Waals surface area (Å²) in [6, 6.07) is 6.39. The maximum absolute atomic E-state index is 5.72. The molecule has 0 unspecified atom stereocenters. The fourth-order valence-electron chi connectivity index (χ4n) is 3.14. The third-order valence-electron chi connectivity index (χ3n) is 4.52. The van der Waals surface area contributed by atoms with Crippen LogP contribution in [0.4, 0.5) is 0 Å². The molecule has 0 spiro atoms. The van der Waals surface area contributed by atoms with Crippen molar-refractivity contribution in [2.75, 3.05) is 40.4 Å². The molecule has 1 aromatic carbocycles. The second-order valence-electron chi connectivity index (χ2n) is 6.17. The molecule has 1 heterocycles. The molecule has 1 saturated heterocycles. The first-order valence-electron chi connectivity index (χ1n) is 8.88. The molecule has 1 N–H and O–H groups in total. The van der Waals surface area contributed by atoms with Gasteiger partial charge in [0, 0.05) is 33.3 Å². The van der Waals surface area contributed by atoms with E-state index in [0.717, 1.165) is 57.2 Å². The van der Waals surface area contributed by atoms with Crippen LogP contribution in [0.2, 0.25) is 0 Å². The monoisotopic (exact) mass is 333 g/mol. The van der Waals surface area contributed by atoms with Gasteiger partial charge in [-0.1, -0.05) is 12.1 Å². The molecule has 0 bridgehead atoms. The first-order chi connectivity index (χ1) is 11.7. The Morgan fingerprint density at radius 3 is 2.71 bits per heavy atom. The smallest absolute Gasteiger partial charge is 0.193 e. The molecule has 0 aliphatic carbocycles. The normalized spacial score (nSPS) is 16.3. The minimum atomic E-state index is 0.407. The zero-order chi connectivity index (χ0) is 17.4. The average Bonchev–Trinajstić information content (AvgIpc) is 2.61. The molecule has 1 aliphatic heterocycles. The van der Waals surface area contributed by atoms with Gasteiger partial charge in [0.05, 0.1) is 13.2 Å². The van der Waals surface area contributed by atoms with Crippen LogP contribution in [0, 0.1) is 6.92 Å². The molecular formula is C19H31N3O2. The number of rotatable bonds is 6. The van der Waals surface area contributed by atoms with Crippen LogP contribution >= 0.6 is 0 Å². The number of hydrogen-bond donors (Lipinski definition) is 1. The van der Waals surface area contributed by atoms with E-state index in [1.807, 2.05) is 7.05 Å². The predicted molar refractivity (Wildman–Crippen MR) is 99.0 cm³/mol. The Morgan fingerprint density at radius 2 is 2.08 bits per heavy atom. The summed E-state index contributed by atoms with van der Waals surface area (Å²) in [5.41, 5.74) is 2.44. The van der Waals surface area contributed by atoms with Gasteiger partial charge in [-0.3, -0.25) is 4.99 Å². The number of aryl methyl sites for hydroxylation is 1. The Hall–Kier alpha value is -1.75. The fourth-order valence-corrected chi connectivity index (χ4v) is 3.14. The van der Waals surface area contributed by atoms with E-state index in [4.69, 9.17) is 9.47 Å². The van der Waals surface area contributed by atoms with Crippen LogP contribution in [-0.2, 0) is 11.2 Å². The van der Waals surface area contributed by atoms with Crippen molar-refractivity contribution < 1.29 is 9.47 Å². The molecule has 5 heteroatoms.